The summed E-state index contributed by atoms with van der Waals surface area (Å²) in [5.41, 5.74) is 1.13. The van der Waals surface area contributed by atoms with Gasteiger partial charge in [-0.2, -0.15) is 0 Å². The molecular formula is C12H14O. The molecule has 2 rings (SSSR count). The lowest BCUT2D eigenvalue weighted by Gasteiger charge is -2.33. The first-order valence-electron chi connectivity index (χ1n) is 4.64. The minimum absolute atomic E-state index is 0.172. The highest BCUT2D eigenvalue weighted by Gasteiger charge is 2.27. The molecule has 0 radical (unpaired) electrons. The van der Waals surface area contributed by atoms with Gasteiger partial charge in [-0.1, -0.05) is 24.8 Å². The van der Waals surface area contributed by atoms with Gasteiger partial charge in [0, 0.05) is 0 Å². The van der Waals surface area contributed by atoms with Crippen LogP contribution in [0.3, 0.4) is 0 Å². The van der Waals surface area contributed by atoms with E-state index in [1.807, 2.05) is 18.2 Å². The van der Waals surface area contributed by atoms with Gasteiger partial charge in [0.2, 0.25) is 0 Å². The van der Waals surface area contributed by atoms with Crippen molar-refractivity contribution in [2.24, 2.45) is 0 Å². The average molecular weight is 174 g/mol. The number of aryl methyl sites for hydroxylation is 1. The van der Waals surface area contributed by atoms with Crippen LogP contribution in [0.25, 0.3) is 0 Å². The van der Waals surface area contributed by atoms with Crippen molar-refractivity contribution in [3.05, 3.63) is 42.5 Å². The fourth-order valence-corrected chi connectivity index (χ4v) is 1.64. The molecule has 1 aromatic carbocycles. The SMILES string of the molecule is C=CC1(C)CCc2ccccc2O1. The highest BCUT2D eigenvalue weighted by atomic mass is 16.5. The van der Waals surface area contributed by atoms with Crippen LogP contribution in [-0.2, 0) is 6.42 Å². The van der Waals surface area contributed by atoms with Crippen LogP contribution >= 0.6 is 0 Å². The summed E-state index contributed by atoms with van der Waals surface area (Å²) in [6.07, 6.45) is 4.00. The van der Waals surface area contributed by atoms with Crippen molar-refractivity contribution in [3.8, 4) is 5.75 Å². The molecule has 0 aliphatic carbocycles. The number of rotatable bonds is 1. The predicted octanol–water partition coefficient (Wildman–Crippen LogP) is 2.96. The van der Waals surface area contributed by atoms with E-state index in [-0.39, 0.29) is 5.60 Å². The van der Waals surface area contributed by atoms with Gasteiger partial charge in [-0.25, -0.2) is 0 Å². The third-order valence-electron chi connectivity index (χ3n) is 2.64. The molecule has 0 bridgehead atoms. The van der Waals surface area contributed by atoms with E-state index in [1.165, 1.54) is 5.56 Å². The largest absolute Gasteiger partial charge is 0.483 e. The van der Waals surface area contributed by atoms with Crippen molar-refractivity contribution in [2.75, 3.05) is 0 Å². The highest BCUT2D eigenvalue weighted by molar-refractivity contribution is 5.36. The molecule has 13 heavy (non-hydrogen) atoms. The van der Waals surface area contributed by atoms with E-state index < -0.39 is 0 Å². The molecule has 1 unspecified atom stereocenters. The molecule has 1 aliphatic heterocycles. The molecule has 1 nitrogen and oxygen atoms in total. The number of ether oxygens (including phenoxy) is 1. The fraction of sp³-hybridized carbons (Fsp3) is 0.333. The van der Waals surface area contributed by atoms with Gasteiger partial charge in [0.15, 0.2) is 0 Å². The summed E-state index contributed by atoms with van der Waals surface area (Å²) in [5, 5.41) is 0. The molecule has 0 aromatic heterocycles. The van der Waals surface area contributed by atoms with E-state index in [0.717, 1.165) is 18.6 Å². The Morgan fingerprint density at radius 1 is 1.46 bits per heavy atom. The van der Waals surface area contributed by atoms with E-state index >= 15 is 0 Å². The Morgan fingerprint density at radius 3 is 3.00 bits per heavy atom. The summed E-state index contributed by atoms with van der Waals surface area (Å²) in [5.74, 6) is 1.01. The topological polar surface area (TPSA) is 9.23 Å². The Hall–Kier alpha value is -1.24. The van der Waals surface area contributed by atoms with Crippen LogP contribution in [0.1, 0.15) is 18.9 Å². The molecule has 1 aromatic rings. The maximum absolute atomic E-state index is 5.85. The first kappa shape index (κ1) is 8.36. The molecular weight excluding hydrogens is 160 g/mol. The third kappa shape index (κ3) is 1.46. The van der Waals surface area contributed by atoms with Gasteiger partial charge in [-0.05, 0) is 37.5 Å². The molecule has 0 saturated carbocycles. The summed E-state index contributed by atoms with van der Waals surface area (Å²) in [4.78, 5) is 0. The van der Waals surface area contributed by atoms with Crippen molar-refractivity contribution in [1.29, 1.82) is 0 Å². The van der Waals surface area contributed by atoms with E-state index in [9.17, 15) is 0 Å². The zero-order chi connectivity index (χ0) is 9.31. The number of hydrogen-bond donors (Lipinski definition) is 0. The Morgan fingerprint density at radius 2 is 2.23 bits per heavy atom. The molecule has 0 fully saturated rings. The second kappa shape index (κ2) is 2.91. The van der Waals surface area contributed by atoms with Gasteiger partial charge in [-0.3, -0.25) is 0 Å². The maximum atomic E-state index is 5.85. The second-order valence-corrected chi connectivity index (χ2v) is 3.73. The summed E-state index contributed by atoms with van der Waals surface area (Å²) in [6, 6.07) is 8.21. The Kier molecular flexibility index (Phi) is 1.87. The Balaban J connectivity index is 2.34. The van der Waals surface area contributed by atoms with Crippen LogP contribution in [-0.4, -0.2) is 5.60 Å². The van der Waals surface area contributed by atoms with E-state index in [0.29, 0.717) is 0 Å². The van der Waals surface area contributed by atoms with Crippen molar-refractivity contribution >= 4 is 0 Å². The first-order chi connectivity index (χ1) is 6.23. The fourth-order valence-electron chi connectivity index (χ4n) is 1.64. The van der Waals surface area contributed by atoms with Crippen molar-refractivity contribution in [3.63, 3.8) is 0 Å². The van der Waals surface area contributed by atoms with Gasteiger partial charge in [-0.15, -0.1) is 0 Å². The maximum Gasteiger partial charge on any atom is 0.124 e. The summed E-state index contributed by atoms with van der Waals surface area (Å²) >= 11 is 0. The van der Waals surface area contributed by atoms with Crippen molar-refractivity contribution in [1.82, 2.24) is 0 Å². The number of benzene rings is 1. The van der Waals surface area contributed by atoms with Gasteiger partial charge >= 0.3 is 0 Å². The van der Waals surface area contributed by atoms with E-state index in [4.69, 9.17) is 4.74 Å². The minimum Gasteiger partial charge on any atom is -0.483 e. The molecule has 0 spiro atoms. The molecule has 0 saturated heterocycles. The molecule has 1 heteroatoms. The lowest BCUT2D eigenvalue weighted by molar-refractivity contribution is 0.115. The highest BCUT2D eigenvalue weighted by Crippen LogP contribution is 2.33. The zero-order valence-corrected chi connectivity index (χ0v) is 7.92. The average Bonchev–Trinajstić information content (AvgIpc) is 2.18. The van der Waals surface area contributed by atoms with Gasteiger partial charge in [0.1, 0.15) is 11.4 Å². The number of hydrogen-bond acceptors (Lipinski definition) is 1. The number of fused-ring (bicyclic) bond motifs is 1. The molecule has 0 amide bonds. The van der Waals surface area contributed by atoms with E-state index in [1.54, 1.807) is 0 Å². The van der Waals surface area contributed by atoms with Crippen LogP contribution < -0.4 is 4.74 Å². The quantitative estimate of drug-likeness (QED) is 0.595. The standard InChI is InChI=1S/C12H14O/c1-3-12(2)9-8-10-6-4-5-7-11(10)13-12/h3-7H,1,8-9H2,2H3. The monoisotopic (exact) mass is 174 g/mol. The van der Waals surface area contributed by atoms with Gasteiger partial charge in [0.25, 0.3) is 0 Å². The Bertz CT molecular complexity index is 330. The van der Waals surface area contributed by atoms with Crippen LogP contribution in [0, 0.1) is 0 Å². The molecule has 68 valence electrons. The zero-order valence-electron chi connectivity index (χ0n) is 7.92. The summed E-state index contributed by atoms with van der Waals surface area (Å²) in [6.45, 7) is 5.88. The molecule has 1 atom stereocenters. The minimum atomic E-state index is -0.172. The van der Waals surface area contributed by atoms with E-state index in [2.05, 4.69) is 25.6 Å². The van der Waals surface area contributed by atoms with Crippen LogP contribution in [0.5, 0.6) is 5.75 Å². The van der Waals surface area contributed by atoms with Crippen LogP contribution in [0.2, 0.25) is 0 Å². The first-order valence-corrected chi connectivity index (χ1v) is 4.64. The second-order valence-electron chi connectivity index (χ2n) is 3.73. The lowest BCUT2D eigenvalue weighted by atomic mass is 9.93. The predicted molar refractivity (Wildman–Crippen MR) is 54.0 cm³/mol. The Labute approximate surface area is 79.0 Å². The van der Waals surface area contributed by atoms with Crippen LogP contribution in [0.15, 0.2) is 36.9 Å². The van der Waals surface area contributed by atoms with Crippen molar-refractivity contribution < 1.29 is 4.74 Å². The van der Waals surface area contributed by atoms with Crippen molar-refractivity contribution in [2.45, 2.75) is 25.4 Å². The van der Waals surface area contributed by atoms with Crippen LogP contribution in [0.4, 0.5) is 0 Å². The lowest BCUT2D eigenvalue weighted by Crippen LogP contribution is -2.33. The summed E-state index contributed by atoms with van der Waals surface area (Å²) in [7, 11) is 0. The smallest absolute Gasteiger partial charge is 0.124 e. The molecule has 0 N–H and O–H groups in total. The molecule has 1 heterocycles. The van der Waals surface area contributed by atoms with Gasteiger partial charge in [0.05, 0.1) is 0 Å². The number of para-hydroxylation sites is 1. The molecule has 1 aliphatic rings. The third-order valence-corrected chi connectivity index (χ3v) is 2.64. The normalized spacial score (nSPS) is 25.9. The van der Waals surface area contributed by atoms with Gasteiger partial charge < -0.3 is 4.74 Å². The summed E-state index contributed by atoms with van der Waals surface area (Å²) < 4.78 is 5.85.